The summed E-state index contributed by atoms with van der Waals surface area (Å²) in [7, 11) is 0. The van der Waals surface area contributed by atoms with Crippen LogP contribution in [0.1, 0.15) is 54.0 Å². The Morgan fingerprint density at radius 1 is 0.809 bits per heavy atom. The Balaban J connectivity index is 1.51. The first-order valence-corrected chi connectivity index (χ1v) is 15.5. The lowest BCUT2D eigenvalue weighted by molar-refractivity contribution is -0.283. The summed E-state index contributed by atoms with van der Waals surface area (Å²) in [5, 5.41) is 2.79. The van der Waals surface area contributed by atoms with Gasteiger partial charge in [0.05, 0.1) is 16.7 Å². The summed E-state index contributed by atoms with van der Waals surface area (Å²) in [5.41, 5.74) is 1.97. The highest BCUT2D eigenvalue weighted by Crippen LogP contribution is 2.39. The molecule has 1 unspecified atom stereocenters. The fourth-order valence-electron chi connectivity index (χ4n) is 5.50. The van der Waals surface area contributed by atoms with Crippen molar-refractivity contribution in [2.45, 2.75) is 58.2 Å². The Morgan fingerprint density at radius 2 is 1.43 bits per heavy atom. The molecule has 0 radical (unpaired) electrons. The maximum Gasteiger partial charge on any atom is 0.338 e. The first-order valence-electron chi connectivity index (χ1n) is 15.5. The molecule has 4 aromatic carbocycles. The van der Waals surface area contributed by atoms with E-state index in [2.05, 4.69) is 5.32 Å². The van der Waals surface area contributed by atoms with Gasteiger partial charge < -0.3 is 24.3 Å². The Bertz CT molecular complexity index is 1710. The van der Waals surface area contributed by atoms with Gasteiger partial charge in [0.15, 0.2) is 6.10 Å². The van der Waals surface area contributed by atoms with Gasteiger partial charge in [0.1, 0.15) is 11.6 Å². The van der Waals surface area contributed by atoms with Crippen LogP contribution in [0.4, 0.5) is 4.39 Å². The highest BCUT2D eigenvalue weighted by Gasteiger charge is 2.53. The fourth-order valence-corrected chi connectivity index (χ4v) is 5.50. The van der Waals surface area contributed by atoms with Crippen LogP contribution in [0.3, 0.4) is 0 Å². The number of hydrogen-bond donors (Lipinski definition) is 1. The van der Waals surface area contributed by atoms with Crippen LogP contribution < -0.4 is 10.1 Å². The van der Waals surface area contributed by atoms with E-state index in [0.717, 1.165) is 5.56 Å². The lowest BCUT2D eigenvalue weighted by Gasteiger charge is -2.48. The van der Waals surface area contributed by atoms with Gasteiger partial charge in [-0.05, 0) is 85.5 Å². The van der Waals surface area contributed by atoms with Gasteiger partial charge in [-0.15, -0.1) is 0 Å². The average molecular weight is 640 g/mol. The lowest BCUT2D eigenvalue weighted by Crippen LogP contribution is -2.62. The number of carbonyl (C=O) groups is 3. The summed E-state index contributed by atoms with van der Waals surface area (Å²) in [6.45, 7) is 7.42. The van der Waals surface area contributed by atoms with Crippen LogP contribution in [0.15, 0.2) is 103 Å². The van der Waals surface area contributed by atoms with E-state index in [9.17, 15) is 18.8 Å². The van der Waals surface area contributed by atoms with Crippen molar-refractivity contribution in [1.29, 1.82) is 0 Å². The Labute approximate surface area is 273 Å². The van der Waals surface area contributed by atoms with Crippen LogP contribution in [0.25, 0.3) is 11.1 Å². The zero-order chi connectivity index (χ0) is 33.6. The summed E-state index contributed by atoms with van der Waals surface area (Å²) >= 11 is 0. The number of nitrogens with one attached hydrogen (secondary N) is 1. The molecule has 8 nitrogen and oxygen atoms in total. The molecule has 0 bridgehead atoms. The van der Waals surface area contributed by atoms with Crippen LogP contribution in [0, 0.1) is 11.7 Å². The van der Waals surface area contributed by atoms with Crippen molar-refractivity contribution in [3.63, 3.8) is 0 Å². The minimum atomic E-state index is -1.19. The number of benzene rings is 4. The highest BCUT2D eigenvalue weighted by atomic mass is 19.1. The van der Waals surface area contributed by atoms with Crippen molar-refractivity contribution in [1.82, 2.24) is 5.32 Å². The van der Waals surface area contributed by atoms with E-state index >= 15 is 0 Å². The van der Waals surface area contributed by atoms with E-state index in [4.69, 9.17) is 18.9 Å². The third-order valence-corrected chi connectivity index (χ3v) is 8.34. The predicted octanol–water partition coefficient (Wildman–Crippen LogP) is 6.77. The van der Waals surface area contributed by atoms with E-state index in [1.165, 1.54) is 19.1 Å². The molecule has 244 valence electrons. The van der Waals surface area contributed by atoms with Crippen molar-refractivity contribution in [2.24, 2.45) is 5.92 Å². The number of rotatable bonds is 10. The molecular formula is C38H38FNO7. The van der Waals surface area contributed by atoms with Crippen LogP contribution >= 0.6 is 0 Å². The molecule has 0 aromatic heterocycles. The van der Waals surface area contributed by atoms with Gasteiger partial charge >= 0.3 is 11.9 Å². The first kappa shape index (κ1) is 33.3. The van der Waals surface area contributed by atoms with E-state index in [1.54, 1.807) is 84.9 Å². The van der Waals surface area contributed by atoms with E-state index in [-0.39, 0.29) is 5.91 Å². The molecule has 9 heteroatoms. The van der Waals surface area contributed by atoms with E-state index in [0.29, 0.717) is 41.0 Å². The zero-order valence-corrected chi connectivity index (χ0v) is 26.8. The summed E-state index contributed by atoms with van der Waals surface area (Å²) in [4.78, 5) is 38.2. The average Bonchev–Trinajstić information content (AvgIpc) is 3.06. The fraction of sp³-hybridized carbons (Fsp3) is 0.289. The number of amides is 1. The van der Waals surface area contributed by atoms with Crippen molar-refractivity contribution in [3.05, 3.63) is 126 Å². The highest BCUT2D eigenvalue weighted by molar-refractivity contribution is 5.90. The largest absolute Gasteiger partial charge is 0.461 e. The van der Waals surface area contributed by atoms with Gasteiger partial charge in [-0.2, -0.15) is 0 Å². The number of hydrogen-bond acceptors (Lipinski definition) is 7. The minimum absolute atomic E-state index is 0.151. The third-order valence-electron chi connectivity index (χ3n) is 8.34. The molecule has 1 heterocycles. The molecule has 47 heavy (non-hydrogen) atoms. The maximum atomic E-state index is 14.3. The number of carbonyl (C=O) groups excluding carboxylic acids is 3. The molecule has 5 rings (SSSR count). The summed E-state index contributed by atoms with van der Waals surface area (Å²) in [6, 6.07) is 28.6. The minimum Gasteiger partial charge on any atom is -0.461 e. The molecule has 1 amide bonds. The number of ether oxygens (including phenoxy) is 4. The predicted molar refractivity (Wildman–Crippen MR) is 174 cm³/mol. The summed E-state index contributed by atoms with van der Waals surface area (Å²) in [5.74, 6) is -1.81. The molecule has 1 fully saturated rings. The third kappa shape index (κ3) is 8.23. The van der Waals surface area contributed by atoms with Gasteiger partial charge in [0.25, 0.3) is 0 Å². The second kappa shape index (κ2) is 14.6. The van der Waals surface area contributed by atoms with E-state index in [1.807, 2.05) is 26.8 Å². The van der Waals surface area contributed by atoms with Gasteiger partial charge in [0.2, 0.25) is 18.3 Å². The van der Waals surface area contributed by atoms with Crippen LogP contribution in [0.5, 0.6) is 5.75 Å². The van der Waals surface area contributed by atoms with Gasteiger partial charge in [-0.25, -0.2) is 14.0 Å². The second-order valence-electron chi connectivity index (χ2n) is 12.0. The monoisotopic (exact) mass is 639 g/mol. The lowest BCUT2D eigenvalue weighted by atomic mass is 9.82. The normalized spacial score (nSPS) is 20.1. The van der Waals surface area contributed by atoms with E-state index < -0.39 is 47.8 Å². The summed E-state index contributed by atoms with van der Waals surface area (Å²) < 4.78 is 39.3. The van der Waals surface area contributed by atoms with Crippen LogP contribution in [0.2, 0.25) is 0 Å². The molecule has 4 aromatic rings. The van der Waals surface area contributed by atoms with Gasteiger partial charge in [0, 0.05) is 19.4 Å². The van der Waals surface area contributed by atoms with Gasteiger partial charge in [-0.3, -0.25) is 4.79 Å². The molecule has 1 saturated heterocycles. The quantitative estimate of drug-likeness (QED) is 0.191. The van der Waals surface area contributed by atoms with Crippen LogP contribution in [-0.4, -0.2) is 48.5 Å². The summed E-state index contributed by atoms with van der Waals surface area (Å²) in [6.07, 6.45) is -2.79. The SMILES string of the molecule is CC(=O)NCCc1ccc(OC2OC(C)(C)[C@H](C)[C@@H](OC(=O)c3ccccc3)[C@H]2OC(=O)c2ccccc2)cc1-c1cccc(F)c1. The van der Waals surface area contributed by atoms with Crippen molar-refractivity contribution >= 4 is 17.8 Å². The smallest absolute Gasteiger partial charge is 0.338 e. The molecule has 0 spiro atoms. The topological polar surface area (TPSA) is 100 Å². The molecule has 1 N–H and O–H groups in total. The first-order chi connectivity index (χ1) is 22.5. The molecule has 4 atom stereocenters. The molecule has 0 aliphatic carbocycles. The van der Waals surface area contributed by atoms with Crippen molar-refractivity contribution in [2.75, 3.05) is 6.54 Å². The molecular weight excluding hydrogens is 601 g/mol. The zero-order valence-electron chi connectivity index (χ0n) is 26.8. The Morgan fingerprint density at radius 3 is 2.02 bits per heavy atom. The number of halogens is 1. The standard InChI is InChI=1S/C38H38FNO7/c1-24-33(45-35(42)27-12-7-5-8-13-27)34(46-36(43)28-14-9-6-10-15-28)37(47-38(24,3)4)44-31-19-18-26(20-21-40-25(2)41)32(23-31)29-16-11-17-30(39)22-29/h5-19,22-24,33-34,37H,20-21H2,1-4H3,(H,40,41)/t24-,33-,34-,37?/m1/s1. The number of esters is 2. The van der Waals surface area contributed by atoms with Crippen molar-refractivity contribution in [3.8, 4) is 16.9 Å². The molecule has 0 saturated carbocycles. The Hall–Kier alpha value is -5.02. The maximum absolute atomic E-state index is 14.3. The second-order valence-corrected chi connectivity index (χ2v) is 12.0. The molecule has 1 aliphatic heterocycles. The van der Waals surface area contributed by atoms with Gasteiger partial charge in [-0.1, -0.05) is 61.5 Å². The molecule has 1 aliphatic rings. The van der Waals surface area contributed by atoms with Crippen LogP contribution in [-0.2, 0) is 25.4 Å². The Kier molecular flexibility index (Phi) is 10.4. The van der Waals surface area contributed by atoms with Crippen molar-refractivity contribution < 1.29 is 37.7 Å².